The maximum absolute atomic E-state index is 12.3. The van der Waals surface area contributed by atoms with Gasteiger partial charge in [-0.1, -0.05) is 18.2 Å². The van der Waals surface area contributed by atoms with Gasteiger partial charge in [0.2, 0.25) is 5.91 Å². The molecule has 1 aromatic carbocycles. The van der Waals surface area contributed by atoms with Crippen molar-refractivity contribution < 1.29 is 19.4 Å². The van der Waals surface area contributed by atoms with Gasteiger partial charge in [0.05, 0.1) is 25.2 Å². The first-order valence-electron chi connectivity index (χ1n) is 8.98. The predicted molar refractivity (Wildman–Crippen MR) is 100 cm³/mol. The molecule has 3 atom stereocenters. The molecule has 0 radical (unpaired) electrons. The SMILES string of the molecule is O=C(C[C@H]1CC[C@@H](NC(=O)c2ccncc2)[C@@H](CO)O1)Nc1ccccc1. The number of rotatable bonds is 6. The molecule has 1 fully saturated rings. The zero-order valence-electron chi connectivity index (χ0n) is 14.9. The fourth-order valence-corrected chi connectivity index (χ4v) is 3.14. The van der Waals surface area contributed by atoms with E-state index in [1.807, 2.05) is 30.3 Å². The lowest BCUT2D eigenvalue weighted by Gasteiger charge is -2.36. The van der Waals surface area contributed by atoms with Crippen LogP contribution in [0.2, 0.25) is 0 Å². The minimum atomic E-state index is -0.543. The van der Waals surface area contributed by atoms with E-state index in [9.17, 15) is 14.7 Å². The first-order valence-corrected chi connectivity index (χ1v) is 8.98. The first kappa shape index (κ1) is 19.0. The second-order valence-corrected chi connectivity index (χ2v) is 6.49. The maximum atomic E-state index is 12.3. The van der Waals surface area contributed by atoms with Crippen LogP contribution in [-0.4, -0.2) is 46.8 Å². The molecule has 0 saturated carbocycles. The summed E-state index contributed by atoms with van der Waals surface area (Å²) in [5.74, 6) is -0.369. The fraction of sp³-hybridized carbons (Fsp3) is 0.350. The van der Waals surface area contributed by atoms with E-state index < -0.39 is 6.10 Å². The molecule has 142 valence electrons. The van der Waals surface area contributed by atoms with Crippen molar-refractivity contribution in [3.05, 3.63) is 60.4 Å². The predicted octanol–water partition coefficient (Wildman–Crippen LogP) is 1.75. The molecule has 2 heterocycles. The van der Waals surface area contributed by atoms with Gasteiger partial charge in [0.25, 0.3) is 5.91 Å². The highest BCUT2D eigenvalue weighted by Gasteiger charge is 2.33. The van der Waals surface area contributed by atoms with Gasteiger partial charge in [0.1, 0.15) is 6.10 Å². The molecular formula is C20H23N3O4. The molecule has 0 bridgehead atoms. The number of pyridine rings is 1. The van der Waals surface area contributed by atoms with Gasteiger partial charge in [-0.3, -0.25) is 14.6 Å². The standard InChI is InChI=1S/C20H23N3O4/c24-13-18-17(23-20(26)14-8-10-21-11-9-14)7-6-16(27-18)12-19(25)22-15-4-2-1-3-5-15/h1-5,8-11,16-18,24H,6-7,12-13H2,(H,22,25)(H,23,26)/t16-,17-,18-/m1/s1. The molecule has 2 amide bonds. The highest BCUT2D eigenvalue weighted by Crippen LogP contribution is 2.23. The number of anilines is 1. The van der Waals surface area contributed by atoms with Crippen LogP contribution in [0.5, 0.6) is 0 Å². The molecule has 7 heteroatoms. The van der Waals surface area contributed by atoms with Gasteiger partial charge in [-0.15, -0.1) is 0 Å². The van der Waals surface area contributed by atoms with Crippen molar-refractivity contribution in [3.63, 3.8) is 0 Å². The average Bonchev–Trinajstić information content (AvgIpc) is 2.70. The molecule has 1 aliphatic heterocycles. The lowest BCUT2D eigenvalue weighted by Crippen LogP contribution is -2.51. The highest BCUT2D eigenvalue weighted by molar-refractivity contribution is 5.94. The number of hydrogen-bond acceptors (Lipinski definition) is 5. The van der Waals surface area contributed by atoms with Crippen LogP contribution in [0.1, 0.15) is 29.6 Å². The van der Waals surface area contributed by atoms with Gasteiger partial charge >= 0.3 is 0 Å². The summed E-state index contributed by atoms with van der Waals surface area (Å²) in [6, 6.07) is 12.2. The molecule has 0 unspecified atom stereocenters. The zero-order valence-corrected chi connectivity index (χ0v) is 14.9. The van der Waals surface area contributed by atoms with Crippen LogP contribution in [0.4, 0.5) is 5.69 Å². The number of hydrogen-bond donors (Lipinski definition) is 3. The minimum Gasteiger partial charge on any atom is -0.394 e. The third-order valence-corrected chi connectivity index (χ3v) is 4.53. The van der Waals surface area contributed by atoms with E-state index in [1.165, 1.54) is 0 Å². The minimum absolute atomic E-state index is 0.137. The summed E-state index contributed by atoms with van der Waals surface area (Å²) in [7, 11) is 0. The smallest absolute Gasteiger partial charge is 0.251 e. The van der Waals surface area contributed by atoms with Crippen molar-refractivity contribution >= 4 is 17.5 Å². The van der Waals surface area contributed by atoms with Crippen LogP contribution >= 0.6 is 0 Å². The van der Waals surface area contributed by atoms with Crippen LogP contribution in [0.3, 0.4) is 0 Å². The van der Waals surface area contributed by atoms with Gasteiger partial charge in [-0.2, -0.15) is 0 Å². The molecule has 0 spiro atoms. The second-order valence-electron chi connectivity index (χ2n) is 6.49. The Morgan fingerprint density at radius 2 is 1.85 bits per heavy atom. The Labute approximate surface area is 157 Å². The second kappa shape index (κ2) is 9.25. The van der Waals surface area contributed by atoms with E-state index in [-0.39, 0.29) is 37.0 Å². The first-order chi connectivity index (χ1) is 13.2. The van der Waals surface area contributed by atoms with E-state index in [0.29, 0.717) is 18.4 Å². The summed E-state index contributed by atoms with van der Waals surface area (Å²) in [5, 5.41) is 15.4. The van der Waals surface area contributed by atoms with E-state index in [4.69, 9.17) is 4.74 Å². The Morgan fingerprint density at radius 3 is 2.56 bits per heavy atom. The number of nitrogens with one attached hydrogen (secondary N) is 2. The summed E-state index contributed by atoms with van der Waals surface area (Å²) >= 11 is 0. The molecule has 7 nitrogen and oxygen atoms in total. The summed E-state index contributed by atoms with van der Waals surface area (Å²) in [6.45, 7) is -0.224. The number of carbonyl (C=O) groups is 2. The van der Waals surface area contributed by atoms with Crippen molar-refractivity contribution in [1.29, 1.82) is 0 Å². The van der Waals surface area contributed by atoms with Crippen molar-refractivity contribution in [2.75, 3.05) is 11.9 Å². The quantitative estimate of drug-likeness (QED) is 0.720. The zero-order chi connectivity index (χ0) is 19.1. The van der Waals surface area contributed by atoms with E-state index in [1.54, 1.807) is 24.5 Å². The van der Waals surface area contributed by atoms with Crippen LogP contribution in [0.15, 0.2) is 54.9 Å². The van der Waals surface area contributed by atoms with Crippen LogP contribution in [-0.2, 0) is 9.53 Å². The summed E-state index contributed by atoms with van der Waals surface area (Å²) in [6.07, 6.45) is 3.73. The number of aromatic nitrogens is 1. The molecule has 1 saturated heterocycles. The lowest BCUT2D eigenvalue weighted by molar-refractivity contribution is -0.126. The Hall–Kier alpha value is -2.77. The Kier molecular flexibility index (Phi) is 6.51. The van der Waals surface area contributed by atoms with Gasteiger partial charge in [-0.25, -0.2) is 0 Å². The van der Waals surface area contributed by atoms with Gasteiger partial charge in [0, 0.05) is 23.6 Å². The number of carbonyl (C=O) groups excluding carboxylic acids is 2. The number of nitrogens with zero attached hydrogens (tertiary/aromatic N) is 1. The van der Waals surface area contributed by atoms with E-state index in [0.717, 1.165) is 5.69 Å². The maximum Gasteiger partial charge on any atom is 0.251 e. The molecular weight excluding hydrogens is 346 g/mol. The molecule has 1 aliphatic rings. The highest BCUT2D eigenvalue weighted by atomic mass is 16.5. The summed E-state index contributed by atoms with van der Waals surface area (Å²) in [4.78, 5) is 28.4. The van der Waals surface area contributed by atoms with Crippen LogP contribution in [0.25, 0.3) is 0 Å². The molecule has 3 rings (SSSR count). The molecule has 27 heavy (non-hydrogen) atoms. The van der Waals surface area contributed by atoms with Crippen molar-refractivity contribution in [1.82, 2.24) is 10.3 Å². The monoisotopic (exact) mass is 369 g/mol. The topological polar surface area (TPSA) is 101 Å². The molecule has 0 aliphatic carbocycles. The number of aliphatic hydroxyl groups excluding tert-OH is 1. The Morgan fingerprint density at radius 1 is 1.11 bits per heavy atom. The van der Waals surface area contributed by atoms with Crippen LogP contribution < -0.4 is 10.6 Å². The summed E-state index contributed by atoms with van der Waals surface area (Å²) < 4.78 is 5.86. The van der Waals surface area contributed by atoms with Crippen molar-refractivity contribution in [2.24, 2.45) is 0 Å². The van der Waals surface area contributed by atoms with Gasteiger partial charge in [-0.05, 0) is 37.1 Å². The Balaban J connectivity index is 1.51. The Bertz CT molecular complexity index is 754. The van der Waals surface area contributed by atoms with Gasteiger partial charge < -0.3 is 20.5 Å². The number of para-hydroxylation sites is 1. The van der Waals surface area contributed by atoms with Crippen molar-refractivity contribution in [2.45, 2.75) is 37.5 Å². The third-order valence-electron chi connectivity index (χ3n) is 4.53. The van der Waals surface area contributed by atoms with E-state index >= 15 is 0 Å². The normalized spacial score (nSPS) is 22.0. The third kappa shape index (κ3) is 5.35. The fourth-order valence-electron chi connectivity index (χ4n) is 3.14. The molecule has 3 N–H and O–H groups in total. The number of aliphatic hydroxyl groups is 1. The van der Waals surface area contributed by atoms with Gasteiger partial charge in [0.15, 0.2) is 0 Å². The lowest BCUT2D eigenvalue weighted by atomic mass is 9.96. The molecule has 2 aromatic rings. The number of ether oxygens (including phenoxy) is 1. The largest absolute Gasteiger partial charge is 0.394 e. The molecule has 1 aromatic heterocycles. The number of amides is 2. The summed E-state index contributed by atoms with van der Waals surface area (Å²) in [5.41, 5.74) is 1.24. The average molecular weight is 369 g/mol. The van der Waals surface area contributed by atoms with Crippen LogP contribution in [0, 0.1) is 0 Å². The number of benzene rings is 1. The van der Waals surface area contributed by atoms with Crippen molar-refractivity contribution in [3.8, 4) is 0 Å². The van der Waals surface area contributed by atoms with E-state index in [2.05, 4.69) is 15.6 Å².